The summed E-state index contributed by atoms with van der Waals surface area (Å²) >= 11 is 0. The first-order chi connectivity index (χ1) is 11.6. The topological polar surface area (TPSA) is 61.4 Å². The normalized spacial score (nSPS) is 24.3. The summed E-state index contributed by atoms with van der Waals surface area (Å²) in [5.41, 5.74) is 1.45. The molecule has 1 aliphatic heterocycles. The molecule has 3 rings (SSSR count). The molecule has 3 atom stereocenters. The Bertz CT molecular complexity index is 599. The van der Waals surface area contributed by atoms with Gasteiger partial charge in [-0.05, 0) is 56.0 Å². The van der Waals surface area contributed by atoms with Gasteiger partial charge in [0, 0.05) is 36.3 Å². The fraction of sp³-hybridized carbons (Fsp3) is 0.579. The molecule has 1 aliphatic carbocycles. The molecule has 2 fully saturated rings. The van der Waals surface area contributed by atoms with Gasteiger partial charge in [-0.3, -0.25) is 9.59 Å². The van der Waals surface area contributed by atoms with Crippen molar-refractivity contribution in [1.82, 2.24) is 10.2 Å². The number of nitrogens with zero attached hydrogens (tertiary/aromatic N) is 1. The number of carbonyl (C=O) groups is 2. The molecule has 6 heteroatoms. The minimum atomic E-state index is 0. The van der Waals surface area contributed by atoms with Crippen molar-refractivity contribution in [2.75, 3.05) is 25.0 Å². The second-order valence-corrected chi connectivity index (χ2v) is 7.03. The van der Waals surface area contributed by atoms with Gasteiger partial charge < -0.3 is 15.5 Å². The highest BCUT2D eigenvalue weighted by Crippen LogP contribution is 2.38. The fourth-order valence-corrected chi connectivity index (χ4v) is 3.38. The van der Waals surface area contributed by atoms with E-state index in [-0.39, 0.29) is 36.2 Å². The van der Waals surface area contributed by atoms with E-state index in [0.29, 0.717) is 11.5 Å². The lowest BCUT2D eigenvalue weighted by molar-refractivity contribution is -0.117. The first-order valence-electron chi connectivity index (χ1n) is 9.02. The summed E-state index contributed by atoms with van der Waals surface area (Å²) in [6.07, 6.45) is 2.94. The Morgan fingerprint density at radius 3 is 2.48 bits per heavy atom. The Hall–Kier alpha value is -1.59. The highest BCUT2D eigenvalue weighted by molar-refractivity contribution is 5.97. The van der Waals surface area contributed by atoms with Crippen LogP contribution in [0.5, 0.6) is 0 Å². The molecule has 1 heterocycles. The zero-order chi connectivity index (χ0) is 17.1. The third kappa shape index (κ3) is 4.73. The largest absolute Gasteiger partial charge is 0.334 e. The first-order valence-corrected chi connectivity index (χ1v) is 9.02. The van der Waals surface area contributed by atoms with Crippen LogP contribution in [0, 0.1) is 11.8 Å². The lowest BCUT2D eigenvalue weighted by Gasteiger charge is -2.28. The summed E-state index contributed by atoms with van der Waals surface area (Å²) in [7, 11) is 0. The van der Waals surface area contributed by atoms with Crippen molar-refractivity contribution >= 4 is 29.9 Å². The van der Waals surface area contributed by atoms with Gasteiger partial charge in [0.1, 0.15) is 0 Å². The van der Waals surface area contributed by atoms with Gasteiger partial charge in [0.2, 0.25) is 5.91 Å². The SMILES string of the molecule is CCCN(C(=O)c1ccc(NC(=O)C2CC2C)cc1)C1CCNC1.Cl. The van der Waals surface area contributed by atoms with E-state index in [2.05, 4.69) is 24.5 Å². The van der Waals surface area contributed by atoms with Crippen molar-refractivity contribution in [1.29, 1.82) is 0 Å². The van der Waals surface area contributed by atoms with Gasteiger partial charge in [-0.2, -0.15) is 0 Å². The molecule has 0 aromatic heterocycles. The second kappa shape index (κ2) is 8.68. The molecule has 1 saturated carbocycles. The molecule has 3 unspecified atom stereocenters. The highest BCUT2D eigenvalue weighted by atomic mass is 35.5. The summed E-state index contributed by atoms with van der Waals surface area (Å²) in [6, 6.07) is 7.58. The maximum atomic E-state index is 12.8. The van der Waals surface area contributed by atoms with Gasteiger partial charge in [-0.15, -0.1) is 12.4 Å². The average molecular weight is 366 g/mol. The van der Waals surface area contributed by atoms with Crippen LogP contribution in [0.3, 0.4) is 0 Å². The molecule has 1 aromatic carbocycles. The highest BCUT2D eigenvalue weighted by Gasteiger charge is 2.39. The van der Waals surface area contributed by atoms with Gasteiger partial charge in [0.15, 0.2) is 0 Å². The van der Waals surface area contributed by atoms with E-state index in [9.17, 15) is 9.59 Å². The number of hydrogen-bond acceptors (Lipinski definition) is 3. The number of halogens is 1. The molecule has 0 spiro atoms. The first kappa shape index (κ1) is 19.7. The lowest BCUT2D eigenvalue weighted by atomic mass is 10.1. The van der Waals surface area contributed by atoms with Crippen LogP contribution >= 0.6 is 12.4 Å². The molecule has 0 bridgehead atoms. The molecule has 138 valence electrons. The van der Waals surface area contributed by atoms with Crippen LogP contribution in [0.15, 0.2) is 24.3 Å². The van der Waals surface area contributed by atoms with Crippen LogP contribution in [-0.2, 0) is 4.79 Å². The minimum absolute atomic E-state index is 0. The standard InChI is InChI=1S/C19H27N3O2.ClH/c1-3-10-22(16-8-9-20-12-16)19(24)14-4-6-15(7-5-14)21-18(23)17-11-13(17)2;/h4-7,13,16-17,20H,3,8-12H2,1-2H3,(H,21,23);1H. The van der Waals surface area contributed by atoms with Crippen molar-refractivity contribution in [3.05, 3.63) is 29.8 Å². The predicted molar refractivity (Wildman–Crippen MR) is 102 cm³/mol. The number of amides is 2. The summed E-state index contributed by atoms with van der Waals surface area (Å²) in [4.78, 5) is 26.8. The molecule has 1 saturated heterocycles. The molecule has 1 aromatic rings. The lowest BCUT2D eigenvalue weighted by Crippen LogP contribution is -2.42. The molecular weight excluding hydrogens is 338 g/mol. The number of anilines is 1. The zero-order valence-corrected chi connectivity index (χ0v) is 15.8. The van der Waals surface area contributed by atoms with E-state index in [1.165, 1.54) is 0 Å². The maximum Gasteiger partial charge on any atom is 0.254 e. The van der Waals surface area contributed by atoms with Crippen LogP contribution in [0.2, 0.25) is 0 Å². The van der Waals surface area contributed by atoms with E-state index >= 15 is 0 Å². The molecule has 2 aliphatic rings. The summed E-state index contributed by atoms with van der Waals surface area (Å²) in [6.45, 7) is 6.82. The van der Waals surface area contributed by atoms with Crippen LogP contribution < -0.4 is 10.6 Å². The summed E-state index contributed by atoms with van der Waals surface area (Å²) in [5, 5.41) is 6.26. The van der Waals surface area contributed by atoms with Crippen molar-refractivity contribution in [2.24, 2.45) is 11.8 Å². The zero-order valence-electron chi connectivity index (χ0n) is 15.0. The van der Waals surface area contributed by atoms with Crippen molar-refractivity contribution in [2.45, 2.75) is 39.2 Å². The Labute approximate surface area is 155 Å². The quantitative estimate of drug-likeness (QED) is 0.814. The number of nitrogens with one attached hydrogen (secondary N) is 2. The predicted octanol–water partition coefficient (Wildman–Crippen LogP) is 2.92. The average Bonchev–Trinajstić information content (AvgIpc) is 3.09. The Balaban J connectivity index is 0.00000225. The number of rotatable bonds is 6. The molecule has 25 heavy (non-hydrogen) atoms. The third-order valence-electron chi connectivity index (χ3n) is 5.05. The number of carbonyl (C=O) groups excluding carboxylic acids is 2. The summed E-state index contributed by atoms with van der Waals surface area (Å²) < 4.78 is 0. The van der Waals surface area contributed by atoms with E-state index in [0.717, 1.165) is 44.6 Å². The van der Waals surface area contributed by atoms with E-state index in [4.69, 9.17) is 0 Å². The van der Waals surface area contributed by atoms with Crippen LogP contribution in [0.4, 0.5) is 5.69 Å². The minimum Gasteiger partial charge on any atom is -0.334 e. The summed E-state index contributed by atoms with van der Waals surface area (Å²) in [5.74, 6) is 0.820. The van der Waals surface area contributed by atoms with Crippen molar-refractivity contribution < 1.29 is 9.59 Å². The fourth-order valence-electron chi connectivity index (χ4n) is 3.38. The van der Waals surface area contributed by atoms with Gasteiger partial charge >= 0.3 is 0 Å². The van der Waals surface area contributed by atoms with Crippen LogP contribution in [-0.4, -0.2) is 42.4 Å². The van der Waals surface area contributed by atoms with E-state index in [1.807, 2.05) is 29.2 Å². The van der Waals surface area contributed by atoms with Gasteiger partial charge in [0.25, 0.3) is 5.91 Å². The smallest absolute Gasteiger partial charge is 0.254 e. The van der Waals surface area contributed by atoms with E-state index in [1.54, 1.807) is 0 Å². The molecule has 5 nitrogen and oxygen atoms in total. The van der Waals surface area contributed by atoms with Crippen molar-refractivity contribution in [3.8, 4) is 0 Å². The Morgan fingerprint density at radius 1 is 1.28 bits per heavy atom. The molecular formula is C19H28ClN3O2. The Morgan fingerprint density at radius 2 is 1.96 bits per heavy atom. The molecule has 2 amide bonds. The number of benzene rings is 1. The second-order valence-electron chi connectivity index (χ2n) is 7.03. The van der Waals surface area contributed by atoms with Gasteiger partial charge in [0.05, 0.1) is 0 Å². The number of hydrogen-bond donors (Lipinski definition) is 2. The van der Waals surface area contributed by atoms with Crippen molar-refractivity contribution in [3.63, 3.8) is 0 Å². The van der Waals surface area contributed by atoms with E-state index < -0.39 is 0 Å². The molecule has 2 N–H and O–H groups in total. The third-order valence-corrected chi connectivity index (χ3v) is 5.05. The van der Waals surface area contributed by atoms with Crippen LogP contribution in [0.25, 0.3) is 0 Å². The maximum absolute atomic E-state index is 12.8. The Kier molecular flexibility index (Phi) is 6.85. The monoisotopic (exact) mass is 365 g/mol. The van der Waals surface area contributed by atoms with Gasteiger partial charge in [-0.25, -0.2) is 0 Å². The van der Waals surface area contributed by atoms with Crippen LogP contribution in [0.1, 0.15) is 43.5 Å². The van der Waals surface area contributed by atoms with Gasteiger partial charge in [-0.1, -0.05) is 13.8 Å². The molecule has 0 radical (unpaired) electrons.